The number of aromatic nitrogens is 2. The summed E-state index contributed by atoms with van der Waals surface area (Å²) in [6, 6.07) is 52.1. The van der Waals surface area contributed by atoms with E-state index in [0.29, 0.717) is 35.9 Å². The quantitative estimate of drug-likeness (QED) is 0.0172. The predicted octanol–water partition coefficient (Wildman–Crippen LogP) is 7.14. The molecule has 10 rings (SSSR count). The number of thioether (sulfide) groups is 2. The van der Waals surface area contributed by atoms with Crippen molar-refractivity contribution in [3.05, 3.63) is 226 Å². The van der Waals surface area contributed by atoms with Crippen LogP contribution < -0.4 is 32.2 Å². The second-order valence-electron chi connectivity index (χ2n) is 19.8. The molecule has 2 aromatic heterocycles. The van der Waals surface area contributed by atoms with Gasteiger partial charge < -0.3 is 41.9 Å². The molecule has 394 valence electrons. The summed E-state index contributed by atoms with van der Waals surface area (Å²) in [6.45, 7) is 5.34. The highest BCUT2D eigenvalue weighted by molar-refractivity contribution is 8.01. The molecule has 1 saturated carbocycles. The fourth-order valence-electron chi connectivity index (χ4n) is 9.41. The number of nitrogens with zero attached hydrogens (tertiary/aromatic N) is 4. The van der Waals surface area contributed by atoms with Crippen molar-refractivity contribution in [1.82, 2.24) is 15.2 Å². The first-order chi connectivity index (χ1) is 36.8. The Morgan fingerprint density at radius 2 is 1.34 bits per heavy atom. The van der Waals surface area contributed by atoms with E-state index in [-0.39, 0.29) is 34.1 Å². The standard InChI is InChI=1S/C60H56N6O7S3.BrH/c1-58(2,3)72-56(70)59(33-20-34-59)73-64-48(47-39-76-57(61-47)63-60(43-25-14-7-15-26-43,44-27-16-8-17-28-44)45-29-18-9-19-30-45)52(67)62-49-53(68)66-50(42(38-75-54(49)66)37-74-46-31-35-65(4)36-32-46)55(69)71-51(40-21-10-5-11-22-40)41-23-12-6-13-24-41;/h5-19,21-32,35-36,39,49,51,54H,20,33-34,37-38H2,1-4H3,(H-,61,62,63,67);1H/b64-48-;/t49-,54-;/m1./s1. The number of hydrogen-bond acceptors (Lipinski definition) is 13. The topological polar surface area (TPSA) is 152 Å². The lowest BCUT2D eigenvalue weighted by atomic mass is 9.77. The summed E-state index contributed by atoms with van der Waals surface area (Å²) in [5.41, 5.74) is 2.01. The van der Waals surface area contributed by atoms with Gasteiger partial charge in [0.25, 0.3) is 11.8 Å². The summed E-state index contributed by atoms with van der Waals surface area (Å²) < 4.78 is 14.2. The summed E-state index contributed by atoms with van der Waals surface area (Å²) in [5, 5.41) is 12.7. The van der Waals surface area contributed by atoms with E-state index in [0.717, 1.165) is 38.3 Å². The lowest BCUT2D eigenvalue weighted by Gasteiger charge is -2.49. The van der Waals surface area contributed by atoms with E-state index in [2.05, 4.69) is 52.2 Å². The van der Waals surface area contributed by atoms with Gasteiger partial charge in [-0.05, 0) is 60.6 Å². The first-order valence-electron chi connectivity index (χ1n) is 25.1. The third-order valence-corrected chi connectivity index (χ3v) is 16.6. The van der Waals surface area contributed by atoms with Crippen molar-refractivity contribution in [1.29, 1.82) is 0 Å². The molecule has 77 heavy (non-hydrogen) atoms. The summed E-state index contributed by atoms with van der Waals surface area (Å²) in [6.07, 6.45) is 4.49. The van der Waals surface area contributed by atoms with Gasteiger partial charge in [0.15, 0.2) is 29.3 Å². The number of ether oxygens (including phenoxy) is 2. The molecule has 0 bridgehead atoms. The third-order valence-electron chi connectivity index (χ3n) is 13.4. The van der Waals surface area contributed by atoms with Gasteiger partial charge in [-0.15, -0.1) is 34.9 Å². The highest BCUT2D eigenvalue weighted by Crippen LogP contribution is 2.45. The first-order valence-corrected chi connectivity index (χ1v) is 28.0. The molecule has 0 radical (unpaired) electrons. The number of halogens is 1. The zero-order chi connectivity index (χ0) is 52.9. The minimum atomic E-state index is -1.43. The van der Waals surface area contributed by atoms with Crippen LogP contribution in [0.3, 0.4) is 0 Å². The molecule has 2 aliphatic heterocycles. The average Bonchev–Trinajstić information content (AvgIpc) is 3.96. The Morgan fingerprint density at radius 3 is 1.84 bits per heavy atom. The van der Waals surface area contributed by atoms with Gasteiger partial charge in [0, 0.05) is 46.8 Å². The van der Waals surface area contributed by atoms with Crippen LogP contribution in [0.1, 0.15) is 79.6 Å². The van der Waals surface area contributed by atoms with E-state index >= 15 is 0 Å². The molecule has 4 heterocycles. The number of hydrogen-bond donors (Lipinski definition) is 2. The fourth-order valence-corrected chi connectivity index (χ4v) is 12.5. The molecule has 17 heteroatoms. The van der Waals surface area contributed by atoms with Crippen LogP contribution in [-0.4, -0.2) is 73.5 Å². The zero-order valence-corrected chi connectivity index (χ0v) is 46.9. The number of nitrogens with one attached hydrogen (secondary N) is 2. The lowest BCUT2D eigenvalue weighted by Crippen LogP contribution is -3.00. The minimum absolute atomic E-state index is 0. The van der Waals surface area contributed by atoms with Crippen molar-refractivity contribution in [3.63, 3.8) is 0 Å². The molecule has 5 aromatic carbocycles. The molecule has 13 nitrogen and oxygen atoms in total. The average molecular weight is 1150 g/mol. The second kappa shape index (κ2) is 23.7. The van der Waals surface area contributed by atoms with Crippen molar-refractivity contribution in [2.24, 2.45) is 12.2 Å². The first kappa shape index (κ1) is 54.7. The molecule has 3 aliphatic rings. The number of anilines is 1. The highest BCUT2D eigenvalue weighted by Gasteiger charge is 2.55. The van der Waals surface area contributed by atoms with Crippen LogP contribution in [0, 0.1) is 0 Å². The van der Waals surface area contributed by atoms with E-state index in [9.17, 15) is 19.2 Å². The number of esters is 2. The Bertz CT molecular complexity index is 3130. The highest BCUT2D eigenvalue weighted by atomic mass is 79.9. The van der Waals surface area contributed by atoms with Gasteiger partial charge in [-0.2, -0.15) is 0 Å². The number of carbonyl (C=O) groups is 4. The smallest absolute Gasteiger partial charge is 0.356 e. The van der Waals surface area contributed by atoms with Crippen LogP contribution in [0.2, 0.25) is 0 Å². The van der Waals surface area contributed by atoms with Gasteiger partial charge >= 0.3 is 11.9 Å². The molecule has 0 unspecified atom stereocenters. The molecule has 2 amide bonds. The monoisotopic (exact) mass is 1150 g/mol. The third kappa shape index (κ3) is 11.8. The maximum Gasteiger partial charge on any atom is 0.356 e. The number of thiazole rings is 1. The second-order valence-corrected chi connectivity index (χ2v) is 22.8. The molecule has 2 N–H and O–H groups in total. The van der Waals surface area contributed by atoms with E-state index in [4.69, 9.17) is 19.3 Å². The number of aryl methyl sites for hydroxylation is 1. The number of benzene rings is 5. The number of rotatable bonds is 18. The van der Waals surface area contributed by atoms with Gasteiger partial charge in [-0.1, -0.05) is 157 Å². The molecule has 2 atom stereocenters. The Balaban J connectivity index is 0.00000722. The fraction of sp³-hybridized carbons (Fsp3) is 0.250. The number of carbonyl (C=O) groups excluding carboxylic acids is 4. The van der Waals surface area contributed by atoms with Crippen molar-refractivity contribution in [2.45, 2.75) is 79.2 Å². The normalized spacial score (nSPS) is 17.0. The molecule has 1 saturated heterocycles. The minimum Gasteiger partial charge on any atom is -1.00 e. The van der Waals surface area contributed by atoms with Gasteiger partial charge in [0.1, 0.15) is 41.0 Å². The predicted molar refractivity (Wildman–Crippen MR) is 296 cm³/mol. The molecule has 1 aliphatic carbocycles. The van der Waals surface area contributed by atoms with Gasteiger partial charge in [-0.3, -0.25) is 14.5 Å². The summed E-state index contributed by atoms with van der Waals surface area (Å²) in [7, 11) is 1.95. The summed E-state index contributed by atoms with van der Waals surface area (Å²) in [5.74, 6) is -1.69. The van der Waals surface area contributed by atoms with Gasteiger partial charge in [0.05, 0.1) is 0 Å². The number of oxime groups is 1. The van der Waals surface area contributed by atoms with Crippen molar-refractivity contribution < 1.29 is 55.0 Å². The number of fused-ring (bicyclic) bond motifs is 1. The Labute approximate surface area is 471 Å². The number of pyridine rings is 1. The molecule has 7 aromatic rings. The largest absolute Gasteiger partial charge is 1.00 e. The van der Waals surface area contributed by atoms with Crippen molar-refractivity contribution >= 4 is 69.5 Å². The number of β-lactam (4-membered cyclic amide) rings is 1. The van der Waals surface area contributed by atoms with E-state index < -0.39 is 58.0 Å². The summed E-state index contributed by atoms with van der Waals surface area (Å²) >= 11 is 4.27. The molecular weight excluding hydrogens is 1090 g/mol. The van der Waals surface area contributed by atoms with Gasteiger partial charge in [0.2, 0.25) is 5.60 Å². The Hall–Kier alpha value is -7.05. The molecular formula is C60H57BrN6O7S3. The van der Waals surface area contributed by atoms with Crippen molar-refractivity contribution in [3.8, 4) is 0 Å². The van der Waals surface area contributed by atoms with E-state index in [1.807, 2.05) is 151 Å². The lowest BCUT2D eigenvalue weighted by molar-refractivity contribution is -0.671. The maximum atomic E-state index is 15.0. The van der Waals surface area contributed by atoms with Crippen LogP contribution in [0.4, 0.5) is 5.13 Å². The van der Waals surface area contributed by atoms with Crippen LogP contribution in [0.15, 0.2) is 203 Å². The van der Waals surface area contributed by atoms with Crippen LogP contribution in [0.5, 0.6) is 0 Å². The van der Waals surface area contributed by atoms with Crippen LogP contribution >= 0.6 is 34.9 Å². The molecule has 0 spiro atoms. The maximum absolute atomic E-state index is 15.0. The zero-order valence-electron chi connectivity index (χ0n) is 42.8. The van der Waals surface area contributed by atoms with E-state index in [1.165, 1.54) is 28.0 Å². The van der Waals surface area contributed by atoms with Crippen LogP contribution in [-0.2, 0) is 46.1 Å². The summed E-state index contributed by atoms with van der Waals surface area (Å²) in [4.78, 5) is 71.9. The Morgan fingerprint density at radius 1 is 0.805 bits per heavy atom. The van der Waals surface area contributed by atoms with Gasteiger partial charge in [-0.25, -0.2) is 19.1 Å². The van der Waals surface area contributed by atoms with Crippen molar-refractivity contribution in [2.75, 3.05) is 16.8 Å². The van der Waals surface area contributed by atoms with E-state index in [1.54, 1.807) is 37.9 Å². The SMILES string of the molecule is C[n+]1ccc(SCC2=C(C(=O)OC(c3ccccc3)c3ccccc3)N3C(=O)[C@@H](NC(=O)/C(=N\OC4(C(=O)OC(C)(C)C)CCC4)c4csc(NC(c5ccccc5)(c5ccccc5)c5ccccc5)n4)[C@H]3SC2)cc1.[Br-]. The van der Waals surface area contributed by atoms with Crippen LogP contribution in [0.25, 0.3) is 0 Å². The Kier molecular flexibility index (Phi) is 16.8. The number of amides is 2. The molecule has 2 fully saturated rings.